The zero-order chi connectivity index (χ0) is 27.4. The fraction of sp³-hybridized carbons (Fsp3) is 0.444. The average Bonchev–Trinajstić information content (AvgIpc) is 3.44. The normalized spacial score (nSPS) is 14.1. The van der Waals surface area contributed by atoms with Crippen LogP contribution in [-0.4, -0.2) is 81.9 Å². The summed E-state index contributed by atoms with van der Waals surface area (Å²) in [6.45, 7) is 8.84. The first-order chi connectivity index (χ1) is 19.0. The minimum absolute atomic E-state index is 0.120. The second kappa shape index (κ2) is 11.8. The first-order valence-corrected chi connectivity index (χ1v) is 13.2. The van der Waals surface area contributed by atoms with Gasteiger partial charge in [0, 0.05) is 32.4 Å². The van der Waals surface area contributed by atoms with Crippen molar-refractivity contribution in [2.24, 2.45) is 0 Å². The molecular formula is C27H33N7O5. The number of benzene rings is 1. The Morgan fingerprint density at radius 1 is 1.21 bits per heavy atom. The van der Waals surface area contributed by atoms with Crippen LogP contribution in [0.4, 0.5) is 5.95 Å². The molecule has 5 rings (SSSR count). The number of aromatic nitrogens is 5. The van der Waals surface area contributed by atoms with Crippen molar-refractivity contribution in [3.63, 3.8) is 0 Å². The predicted octanol–water partition coefficient (Wildman–Crippen LogP) is 2.61. The van der Waals surface area contributed by atoms with Crippen LogP contribution in [0.5, 0.6) is 11.5 Å². The summed E-state index contributed by atoms with van der Waals surface area (Å²) in [6.07, 6.45) is 4.57. The highest BCUT2D eigenvalue weighted by atomic mass is 16.5. The van der Waals surface area contributed by atoms with Crippen LogP contribution in [0.1, 0.15) is 36.2 Å². The van der Waals surface area contributed by atoms with E-state index in [9.17, 15) is 9.59 Å². The summed E-state index contributed by atoms with van der Waals surface area (Å²) in [5, 5.41) is 3.23. The maximum atomic E-state index is 13.5. The largest absolute Gasteiger partial charge is 0.491 e. The van der Waals surface area contributed by atoms with Gasteiger partial charge >= 0.3 is 0 Å². The Bertz CT molecular complexity index is 1540. The molecule has 2 N–H and O–H groups in total. The number of rotatable bonds is 10. The number of fused-ring (bicyclic) bond motifs is 2. The smallest absolute Gasteiger partial charge is 0.262 e. The van der Waals surface area contributed by atoms with Gasteiger partial charge in [0.15, 0.2) is 17.1 Å². The van der Waals surface area contributed by atoms with Crippen LogP contribution in [0.3, 0.4) is 0 Å². The molecule has 0 aliphatic carbocycles. The van der Waals surface area contributed by atoms with Gasteiger partial charge in [-0.1, -0.05) is 6.92 Å². The summed E-state index contributed by atoms with van der Waals surface area (Å²) >= 11 is 0. The van der Waals surface area contributed by atoms with E-state index in [2.05, 4.69) is 25.2 Å². The highest BCUT2D eigenvalue weighted by Gasteiger charge is 2.22. The number of aromatic amines is 1. The van der Waals surface area contributed by atoms with E-state index < -0.39 is 5.91 Å². The number of imidazole rings is 1. The van der Waals surface area contributed by atoms with Crippen molar-refractivity contribution in [1.29, 1.82) is 0 Å². The molecule has 12 nitrogen and oxygen atoms in total. The van der Waals surface area contributed by atoms with Gasteiger partial charge in [-0.2, -0.15) is 0 Å². The molecule has 1 aliphatic heterocycles. The molecule has 0 unspecified atom stereocenters. The lowest BCUT2D eigenvalue weighted by Gasteiger charge is -2.26. The summed E-state index contributed by atoms with van der Waals surface area (Å²) in [6, 6.07) is 3.42. The third-order valence-corrected chi connectivity index (χ3v) is 6.91. The zero-order valence-corrected chi connectivity index (χ0v) is 22.5. The van der Waals surface area contributed by atoms with E-state index in [0.717, 1.165) is 44.8 Å². The second-order valence-corrected chi connectivity index (χ2v) is 9.20. The number of hydrogen-bond acceptors (Lipinski definition) is 9. The fourth-order valence-electron chi connectivity index (χ4n) is 4.86. The maximum Gasteiger partial charge on any atom is 0.262 e. The van der Waals surface area contributed by atoms with Crippen molar-refractivity contribution in [3.8, 4) is 11.5 Å². The number of ether oxygens (including phenoxy) is 3. The van der Waals surface area contributed by atoms with Crippen molar-refractivity contribution in [2.75, 3.05) is 51.9 Å². The van der Waals surface area contributed by atoms with Gasteiger partial charge < -0.3 is 19.2 Å². The average molecular weight is 536 g/mol. The topological polar surface area (TPSA) is 136 Å². The van der Waals surface area contributed by atoms with Gasteiger partial charge in [-0.05, 0) is 37.5 Å². The number of hydrogen-bond donors (Lipinski definition) is 2. The van der Waals surface area contributed by atoms with E-state index in [0.29, 0.717) is 58.7 Å². The number of H-pyrrole nitrogens is 1. The standard InChI is InChI=1S/C27H33N7O5/c1-4-17-15-28-24-22(29-16-30-24)20(17)25(35)32-27-31-21-18(26(36)34(27)5-2)7-8-19(23(21)37-3)39-12-6-9-33-10-13-38-14-11-33/h7-8,15-16H,4-6,9-14H2,1-3H3,(H,28,29,30)(H,31,32,35). The van der Waals surface area contributed by atoms with E-state index in [-0.39, 0.29) is 11.5 Å². The quantitative estimate of drug-likeness (QED) is 0.294. The number of aryl methyl sites for hydroxylation is 1. The van der Waals surface area contributed by atoms with Crippen LogP contribution in [-0.2, 0) is 17.7 Å². The van der Waals surface area contributed by atoms with Gasteiger partial charge in [0.05, 0.1) is 49.7 Å². The number of nitrogens with one attached hydrogen (secondary N) is 2. The van der Waals surface area contributed by atoms with Crippen LogP contribution in [0.2, 0.25) is 0 Å². The summed E-state index contributed by atoms with van der Waals surface area (Å²) in [5.74, 6) is 0.552. The lowest BCUT2D eigenvalue weighted by Crippen LogP contribution is -2.37. The molecule has 1 fully saturated rings. The fourth-order valence-corrected chi connectivity index (χ4v) is 4.86. The van der Waals surface area contributed by atoms with Crippen LogP contribution < -0.4 is 20.3 Å². The van der Waals surface area contributed by atoms with Crippen molar-refractivity contribution in [3.05, 3.63) is 46.1 Å². The summed E-state index contributed by atoms with van der Waals surface area (Å²) in [5.41, 5.74) is 2.18. The van der Waals surface area contributed by atoms with Gasteiger partial charge in [-0.25, -0.2) is 15.0 Å². The maximum absolute atomic E-state index is 13.5. The molecule has 39 heavy (non-hydrogen) atoms. The van der Waals surface area contributed by atoms with Crippen LogP contribution in [0.25, 0.3) is 22.1 Å². The summed E-state index contributed by atoms with van der Waals surface area (Å²) in [7, 11) is 1.51. The molecule has 1 saturated heterocycles. The van der Waals surface area contributed by atoms with Crippen molar-refractivity contribution < 1.29 is 19.0 Å². The highest BCUT2D eigenvalue weighted by molar-refractivity contribution is 6.11. The number of nitrogens with zero attached hydrogens (tertiary/aromatic N) is 5. The Morgan fingerprint density at radius 2 is 2.03 bits per heavy atom. The Balaban J connectivity index is 1.45. The van der Waals surface area contributed by atoms with E-state index in [4.69, 9.17) is 19.2 Å². The van der Waals surface area contributed by atoms with Gasteiger partial charge in [0.1, 0.15) is 5.52 Å². The molecule has 4 heterocycles. The van der Waals surface area contributed by atoms with Crippen LogP contribution in [0, 0.1) is 0 Å². The van der Waals surface area contributed by atoms with Gasteiger partial charge in [0.2, 0.25) is 5.95 Å². The van der Waals surface area contributed by atoms with Gasteiger partial charge in [-0.15, -0.1) is 0 Å². The molecule has 1 amide bonds. The van der Waals surface area contributed by atoms with Gasteiger partial charge in [0.25, 0.3) is 11.5 Å². The molecule has 12 heteroatoms. The van der Waals surface area contributed by atoms with Gasteiger partial charge in [-0.3, -0.25) is 24.4 Å². The first-order valence-electron chi connectivity index (χ1n) is 13.2. The Labute approximate surface area is 225 Å². The predicted molar refractivity (Wildman–Crippen MR) is 147 cm³/mol. The molecule has 0 spiro atoms. The Hall–Kier alpha value is -4.03. The Morgan fingerprint density at radius 3 is 2.77 bits per heavy atom. The zero-order valence-electron chi connectivity index (χ0n) is 22.5. The number of anilines is 1. The second-order valence-electron chi connectivity index (χ2n) is 9.20. The van der Waals surface area contributed by atoms with E-state index in [1.54, 1.807) is 18.3 Å². The lowest BCUT2D eigenvalue weighted by atomic mass is 10.1. The minimum Gasteiger partial charge on any atom is -0.491 e. The number of methoxy groups -OCH3 is 1. The molecule has 4 aromatic rings. The molecular weight excluding hydrogens is 502 g/mol. The lowest BCUT2D eigenvalue weighted by molar-refractivity contribution is 0.0357. The van der Waals surface area contributed by atoms with E-state index in [1.165, 1.54) is 18.0 Å². The number of carbonyl (C=O) groups excluding carboxylic acids is 1. The summed E-state index contributed by atoms with van der Waals surface area (Å²) < 4.78 is 18.5. The third kappa shape index (κ3) is 5.30. The van der Waals surface area contributed by atoms with Crippen LogP contribution >= 0.6 is 0 Å². The molecule has 1 aromatic carbocycles. The minimum atomic E-state index is -0.411. The molecule has 0 atom stereocenters. The number of morpholine rings is 1. The van der Waals surface area contributed by atoms with Crippen molar-refractivity contribution in [2.45, 2.75) is 33.2 Å². The number of carbonyl (C=O) groups is 1. The van der Waals surface area contributed by atoms with Crippen molar-refractivity contribution >= 4 is 33.9 Å². The van der Waals surface area contributed by atoms with Crippen molar-refractivity contribution in [1.82, 2.24) is 29.4 Å². The number of amides is 1. The molecule has 0 bridgehead atoms. The van der Waals surface area contributed by atoms with E-state index >= 15 is 0 Å². The Kier molecular flexibility index (Phi) is 8.03. The monoisotopic (exact) mass is 535 g/mol. The first kappa shape index (κ1) is 26.6. The van der Waals surface area contributed by atoms with Crippen LogP contribution in [0.15, 0.2) is 29.5 Å². The molecule has 3 aromatic heterocycles. The summed E-state index contributed by atoms with van der Waals surface area (Å²) in [4.78, 5) is 45.5. The number of pyridine rings is 1. The molecule has 206 valence electrons. The SMILES string of the molecule is CCc1cnc2nc[nH]c2c1C(=O)Nc1nc2c(OC)c(OCCCN3CCOCC3)ccc2c(=O)n1CC. The molecule has 0 radical (unpaired) electrons. The highest BCUT2D eigenvalue weighted by Crippen LogP contribution is 2.34. The molecule has 0 saturated carbocycles. The van der Waals surface area contributed by atoms with E-state index in [1.807, 2.05) is 13.8 Å². The molecule has 1 aliphatic rings. The third-order valence-electron chi connectivity index (χ3n) is 6.91.